The summed E-state index contributed by atoms with van der Waals surface area (Å²) in [6, 6.07) is 8.77. The van der Waals surface area contributed by atoms with Crippen molar-refractivity contribution in [3.8, 4) is 0 Å². The summed E-state index contributed by atoms with van der Waals surface area (Å²) >= 11 is 0. The molecule has 6 nitrogen and oxygen atoms in total. The van der Waals surface area contributed by atoms with Gasteiger partial charge in [0.25, 0.3) is 5.56 Å². The largest absolute Gasteiger partial charge is 0.366 e. The number of nitrogens with one attached hydrogen (secondary N) is 4. The van der Waals surface area contributed by atoms with E-state index in [2.05, 4.69) is 57.8 Å². The molecular formula is C21H29N5O. The van der Waals surface area contributed by atoms with Crippen molar-refractivity contribution in [3.05, 3.63) is 45.9 Å². The maximum Gasteiger partial charge on any atom is 0.271 e. The second-order valence-corrected chi connectivity index (χ2v) is 8.05. The Hall–Kier alpha value is -2.50. The Morgan fingerprint density at radius 2 is 2.15 bits per heavy atom. The molecule has 0 amide bonds. The summed E-state index contributed by atoms with van der Waals surface area (Å²) in [6.07, 6.45) is 7.04. The average molecular weight is 367 g/mol. The predicted octanol–water partition coefficient (Wildman–Crippen LogP) is 4.31. The van der Waals surface area contributed by atoms with Gasteiger partial charge in [0.1, 0.15) is 5.82 Å². The Bertz CT molecular complexity index is 953. The van der Waals surface area contributed by atoms with Crippen LogP contribution in [0.1, 0.15) is 63.1 Å². The number of aromatic amines is 3. The van der Waals surface area contributed by atoms with Crippen LogP contribution in [0.4, 0.5) is 5.82 Å². The fourth-order valence-corrected chi connectivity index (χ4v) is 4.24. The second kappa shape index (κ2) is 7.62. The number of fused-ring (bicyclic) bond motifs is 1. The Labute approximate surface area is 159 Å². The molecule has 2 heterocycles. The summed E-state index contributed by atoms with van der Waals surface area (Å²) in [5.41, 5.74) is 3.36. The topological polar surface area (TPSA) is 89.4 Å². The highest BCUT2D eigenvalue weighted by Crippen LogP contribution is 2.30. The summed E-state index contributed by atoms with van der Waals surface area (Å²) in [6.45, 7) is 4.42. The van der Waals surface area contributed by atoms with Gasteiger partial charge in [-0.05, 0) is 61.6 Å². The first-order valence-electron chi connectivity index (χ1n) is 10.1. The molecule has 0 aliphatic heterocycles. The maximum atomic E-state index is 11.7. The van der Waals surface area contributed by atoms with Crippen LogP contribution in [0.15, 0.2) is 29.1 Å². The van der Waals surface area contributed by atoms with Crippen molar-refractivity contribution in [3.63, 3.8) is 0 Å². The van der Waals surface area contributed by atoms with Crippen molar-refractivity contribution in [1.82, 2.24) is 20.4 Å². The molecule has 3 aromatic rings. The average Bonchev–Trinajstić information content (AvgIpc) is 3.28. The monoisotopic (exact) mass is 367 g/mol. The third-order valence-corrected chi connectivity index (χ3v) is 6.04. The highest BCUT2D eigenvalue weighted by molar-refractivity contribution is 5.78. The molecule has 3 unspecified atom stereocenters. The molecule has 3 atom stereocenters. The van der Waals surface area contributed by atoms with Crippen molar-refractivity contribution >= 4 is 16.7 Å². The van der Waals surface area contributed by atoms with E-state index in [-0.39, 0.29) is 5.56 Å². The minimum atomic E-state index is -0.0470. The van der Waals surface area contributed by atoms with E-state index in [0.29, 0.717) is 17.9 Å². The first kappa shape index (κ1) is 17.9. The lowest BCUT2D eigenvalue weighted by Crippen LogP contribution is -2.28. The Kier molecular flexibility index (Phi) is 5.05. The number of hydrogen-bond acceptors (Lipinski definition) is 3. The first-order chi connectivity index (χ1) is 13.1. The van der Waals surface area contributed by atoms with Gasteiger partial charge in [-0.15, -0.1) is 0 Å². The van der Waals surface area contributed by atoms with Crippen LogP contribution in [0.25, 0.3) is 10.9 Å². The smallest absolute Gasteiger partial charge is 0.271 e. The Balaban J connectivity index is 1.38. The van der Waals surface area contributed by atoms with E-state index < -0.39 is 0 Å². The molecule has 1 aliphatic carbocycles. The lowest BCUT2D eigenvalue weighted by Gasteiger charge is -2.30. The molecule has 0 bridgehead atoms. The maximum absolute atomic E-state index is 11.7. The molecule has 6 heteroatoms. The molecule has 1 aliphatic rings. The van der Waals surface area contributed by atoms with Crippen LogP contribution in [0.3, 0.4) is 0 Å². The number of H-pyrrole nitrogens is 3. The Morgan fingerprint density at radius 1 is 1.26 bits per heavy atom. The van der Waals surface area contributed by atoms with Crippen LogP contribution in [0.5, 0.6) is 0 Å². The number of hydrogen-bond donors (Lipinski definition) is 4. The van der Waals surface area contributed by atoms with Gasteiger partial charge >= 0.3 is 0 Å². The highest BCUT2D eigenvalue weighted by atomic mass is 16.1. The minimum absolute atomic E-state index is 0.0470. The molecule has 144 valence electrons. The van der Waals surface area contributed by atoms with Crippen LogP contribution in [0, 0.1) is 5.92 Å². The van der Waals surface area contributed by atoms with E-state index in [1.807, 2.05) is 6.07 Å². The highest BCUT2D eigenvalue weighted by Gasteiger charge is 2.23. The van der Waals surface area contributed by atoms with Crippen LogP contribution in [-0.2, 0) is 6.42 Å². The quantitative estimate of drug-likeness (QED) is 0.523. The van der Waals surface area contributed by atoms with Crippen LogP contribution < -0.4 is 10.9 Å². The summed E-state index contributed by atoms with van der Waals surface area (Å²) in [7, 11) is 0. The lowest BCUT2D eigenvalue weighted by atomic mass is 9.82. The molecule has 0 radical (unpaired) electrons. The van der Waals surface area contributed by atoms with E-state index in [1.165, 1.54) is 30.5 Å². The lowest BCUT2D eigenvalue weighted by molar-refractivity contribution is 0.333. The van der Waals surface area contributed by atoms with Crippen molar-refractivity contribution in [1.29, 1.82) is 0 Å². The van der Waals surface area contributed by atoms with Gasteiger partial charge in [0.2, 0.25) is 0 Å². The predicted molar refractivity (Wildman–Crippen MR) is 109 cm³/mol. The van der Waals surface area contributed by atoms with Crippen LogP contribution in [-0.4, -0.2) is 26.4 Å². The molecule has 2 aromatic heterocycles. The van der Waals surface area contributed by atoms with Gasteiger partial charge in [0.05, 0.1) is 10.9 Å². The zero-order valence-corrected chi connectivity index (χ0v) is 16.1. The van der Waals surface area contributed by atoms with Gasteiger partial charge in [-0.1, -0.05) is 26.3 Å². The molecule has 1 aromatic carbocycles. The first-order valence-corrected chi connectivity index (χ1v) is 10.1. The summed E-state index contributed by atoms with van der Waals surface area (Å²) in [4.78, 5) is 11.7. The molecule has 1 saturated carbocycles. The molecule has 1 fully saturated rings. The third-order valence-electron chi connectivity index (χ3n) is 6.04. The van der Waals surface area contributed by atoms with Gasteiger partial charge in [0.15, 0.2) is 0 Å². The van der Waals surface area contributed by atoms with Crippen molar-refractivity contribution in [2.24, 2.45) is 5.92 Å². The standard InChI is InChI=1S/C21H29N5O/c1-3-13(2)18-12-20(25-23-18)22-16-6-4-5-14(10-16)9-15-7-8-17-19(11-15)24-26-21(17)27/h7-8,11-14,16H,3-6,9-10H2,1-2H3,(H2,22,23,25)(H2,24,26,27). The molecule has 0 saturated heterocycles. The molecular weight excluding hydrogens is 338 g/mol. The van der Waals surface area contributed by atoms with E-state index in [9.17, 15) is 4.79 Å². The van der Waals surface area contributed by atoms with E-state index in [4.69, 9.17) is 0 Å². The van der Waals surface area contributed by atoms with Gasteiger partial charge in [-0.3, -0.25) is 20.1 Å². The van der Waals surface area contributed by atoms with Crippen molar-refractivity contribution in [2.75, 3.05) is 5.32 Å². The normalized spacial score (nSPS) is 21.4. The van der Waals surface area contributed by atoms with E-state index in [0.717, 1.165) is 36.0 Å². The fourth-order valence-electron chi connectivity index (χ4n) is 4.24. The molecule has 4 rings (SSSR count). The number of anilines is 1. The van der Waals surface area contributed by atoms with E-state index >= 15 is 0 Å². The summed E-state index contributed by atoms with van der Waals surface area (Å²) in [5, 5.41) is 17.6. The fraction of sp³-hybridized carbons (Fsp3) is 0.524. The van der Waals surface area contributed by atoms with Crippen molar-refractivity contribution < 1.29 is 0 Å². The minimum Gasteiger partial charge on any atom is -0.366 e. The third kappa shape index (κ3) is 3.94. The van der Waals surface area contributed by atoms with Gasteiger partial charge in [-0.25, -0.2) is 0 Å². The summed E-state index contributed by atoms with van der Waals surface area (Å²) < 4.78 is 0. The summed E-state index contributed by atoms with van der Waals surface area (Å²) in [5.74, 6) is 2.15. The number of benzene rings is 1. The number of nitrogens with zero attached hydrogens (tertiary/aromatic N) is 1. The molecule has 0 spiro atoms. The zero-order chi connectivity index (χ0) is 18.8. The SMILES string of the molecule is CCC(C)c1cc(NC2CCCC(Cc3ccc4c(=O)[nH][nH]c4c3)C2)n[nH]1. The van der Waals surface area contributed by atoms with Gasteiger partial charge in [-0.2, -0.15) is 5.10 Å². The molecule has 4 N–H and O–H groups in total. The van der Waals surface area contributed by atoms with Gasteiger partial charge in [0, 0.05) is 17.8 Å². The Morgan fingerprint density at radius 3 is 3.00 bits per heavy atom. The van der Waals surface area contributed by atoms with E-state index in [1.54, 1.807) is 0 Å². The number of aromatic nitrogens is 4. The van der Waals surface area contributed by atoms with Gasteiger partial charge < -0.3 is 5.32 Å². The zero-order valence-electron chi connectivity index (χ0n) is 16.1. The van der Waals surface area contributed by atoms with Crippen LogP contribution in [0.2, 0.25) is 0 Å². The number of rotatable bonds is 6. The van der Waals surface area contributed by atoms with Crippen LogP contribution >= 0.6 is 0 Å². The van der Waals surface area contributed by atoms with Crippen molar-refractivity contribution in [2.45, 2.75) is 64.3 Å². The second-order valence-electron chi connectivity index (χ2n) is 8.05. The molecule has 27 heavy (non-hydrogen) atoms.